The fraction of sp³-hybridized carbons (Fsp3) is 0.207. The highest BCUT2D eigenvalue weighted by molar-refractivity contribution is 7.07. The molecule has 0 bridgehead atoms. The molecule has 1 aromatic heterocycles. The van der Waals surface area contributed by atoms with E-state index in [0.717, 1.165) is 28.2 Å². The number of phenolic OH excluding ortho intramolecular Hbond substituents is 1. The molecule has 3 aromatic carbocycles. The Balaban J connectivity index is 1.83. The number of nitrogens with zero attached hydrogens (tertiary/aromatic N) is 3. The van der Waals surface area contributed by atoms with Gasteiger partial charge in [-0.2, -0.15) is 0 Å². The summed E-state index contributed by atoms with van der Waals surface area (Å²) in [7, 11) is 2.79. The summed E-state index contributed by atoms with van der Waals surface area (Å²) in [5.41, 5.74) is 0.398. The Labute approximate surface area is 237 Å². The average molecular weight is 576 g/mol. The topological polar surface area (TPSA) is 142 Å². The van der Waals surface area contributed by atoms with Crippen LogP contribution >= 0.6 is 11.3 Å². The molecule has 210 valence electrons. The van der Waals surface area contributed by atoms with Gasteiger partial charge in [0.15, 0.2) is 10.6 Å². The molecule has 0 aliphatic carbocycles. The van der Waals surface area contributed by atoms with E-state index >= 15 is 0 Å². The average Bonchev–Trinajstić information content (AvgIpc) is 3.26. The number of rotatable bonds is 7. The summed E-state index contributed by atoms with van der Waals surface area (Å²) in [6.45, 7) is 3.50. The Morgan fingerprint density at radius 3 is 2.59 bits per heavy atom. The standard InChI is InChI=1S/C29H25N3O8S/c1-5-40-28(35)23-15(2)30-29-31(25(23)24-18-9-7-6-8-17(18)10-11-20(24)38-3)27(34)22(41-29)14-16-12-19(32(36)37)26(33)21(13-16)39-4/h6-14,25,33H,5H2,1-4H3/b22-14-/t25-/m1/s1. The van der Waals surface area contributed by atoms with Gasteiger partial charge >= 0.3 is 11.7 Å². The fourth-order valence-corrected chi connectivity index (χ4v) is 5.99. The van der Waals surface area contributed by atoms with Crippen LogP contribution in [0.3, 0.4) is 0 Å². The summed E-state index contributed by atoms with van der Waals surface area (Å²) in [5, 5.41) is 23.3. The lowest BCUT2D eigenvalue weighted by molar-refractivity contribution is -0.386. The number of methoxy groups -OCH3 is 2. The lowest BCUT2D eigenvalue weighted by atomic mass is 9.90. The number of allylic oxidation sites excluding steroid dienone is 1. The first-order valence-corrected chi connectivity index (χ1v) is 13.3. The zero-order chi connectivity index (χ0) is 29.4. The van der Waals surface area contributed by atoms with Gasteiger partial charge in [-0.1, -0.05) is 41.7 Å². The van der Waals surface area contributed by atoms with E-state index in [1.165, 1.54) is 30.9 Å². The second-order valence-corrected chi connectivity index (χ2v) is 10.1. The normalized spacial score (nSPS) is 14.9. The van der Waals surface area contributed by atoms with Crippen molar-refractivity contribution in [1.29, 1.82) is 0 Å². The number of hydrogen-bond acceptors (Lipinski definition) is 10. The summed E-state index contributed by atoms with van der Waals surface area (Å²) >= 11 is 1.06. The molecule has 0 fully saturated rings. The largest absolute Gasteiger partial charge is 0.500 e. The third-order valence-electron chi connectivity index (χ3n) is 6.73. The zero-order valence-corrected chi connectivity index (χ0v) is 23.4. The van der Waals surface area contributed by atoms with Crippen molar-refractivity contribution in [2.45, 2.75) is 19.9 Å². The van der Waals surface area contributed by atoms with E-state index in [0.29, 0.717) is 21.8 Å². The molecule has 1 atom stereocenters. The highest BCUT2D eigenvalue weighted by atomic mass is 32.1. The SMILES string of the molecule is CCOC(=O)C1=C(C)N=c2s/c(=C\c3cc(OC)c(O)c([N+](=O)[O-])c3)c(=O)n2[C@H]1c1c(OC)ccc2ccccc12. The quantitative estimate of drug-likeness (QED) is 0.200. The van der Waals surface area contributed by atoms with Crippen molar-refractivity contribution in [2.24, 2.45) is 4.99 Å². The predicted octanol–water partition coefficient (Wildman–Crippen LogP) is 3.58. The van der Waals surface area contributed by atoms with Crippen molar-refractivity contribution in [1.82, 2.24) is 4.57 Å². The number of carbonyl (C=O) groups is 1. The molecule has 1 aliphatic rings. The smallest absolute Gasteiger partial charge is 0.338 e. The molecule has 1 aliphatic heterocycles. The highest BCUT2D eigenvalue weighted by Crippen LogP contribution is 2.40. The molecular weight excluding hydrogens is 550 g/mol. The first kappa shape index (κ1) is 27.6. The summed E-state index contributed by atoms with van der Waals surface area (Å²) in [6.07, 6.45) is 1.46. The van der Waals surface area contributed by atoms with Gasteiger partial charge in [-0.25, -0.2) is 9.79 Å². The third-order valence-corrected chi connectivity index (χ3v) is 7.72. The van der Waals surface area contributed by atoms with Crippen molar-refractivity contribution >= 4 is 39.8 Å². The number of phenols is 1. The van der Waals surface area contributed by atoms with E-state index < -0.39 is 33.9 Å². The summed E-state index contributed by atoms with van der Waals surface area (Å²) in [4.78, 5) is 43.1. The van der Waals surface area contributed by atoms with Gasteiger partial charge in [-0.3, -0.25) is 19.5 Å². The molecule has 41 heavy (non-hydrogen) atoms. The van der Waals surface area contributed by atoms with Crippen molar-refractivity contribution in [3.63, 3.8) is 0 Å². The van der Waals surface area contributed by atoms with Crippen LogP contribution in [-0.2, 0) is 9.53 Å². The number of benzene rings is 3. The van der Waals surface area contributed by atoms with Gasteiger partial charge < -0.3 is 19.3 Å². The summed E-state index contributed by atoms with van der Waals surface area (Å²) in [5.74, 6) is -0.869. The van der Waals surface area contributed by atoms with Crippen molar-refractivity contribution in [3.05, 3.63) is 101 Å². The van der Waals surface area contributed by atoms with Crippen LogP contribution in [0.1, 0.15) is 31.0 Å². The lowest BCUT2D eigenvalue weighted by Gasteiger charge is -2.27. The summed E-state index contributed by atoms with van der Waals surface area (Å²) < 4.78 is 17.9. The maximum absolute atomic E-state index is 14.1. The van der Waals surface area contributed by atoms with Crippen LogP contribution in [0.2, 0.25) is 0 Å². The van der Waals surface area contributed by atoms with Crippen LogP contribution in [-0.4, -0.2) is 41.4 Å². The lowest BCUT2D eigenvalue weighted by Crippen LogP contribution is -2.40. The molecule has 0 radical (unpaired) electrons. The maximum atomic E-state index is 14.1. The predicted molar refractivity (Wildman–Crippen MR) is 152 cm³/mol. The van der Waals surface area contributed by atoms with Gasteiger partial charge in [-0.05, 0) is 48.4 Å². The van der Waals surface area contributed by atoms with Crippen LogP contribution < -0.4 is 24.4 Å². The van der Waals surface area contributed by atoms with Gasteiger partial charge in [0.05, 0.1) is 41.6 Å². The van der Waals surface area contributed by atoms with E-state index in [4.69, 9.17) is 14.2 Å². The molecule has 0 unspecified atom stereocenters. The van der Waals surface area contributed by atoms with E-state index in [1.54, 1.807) is 19.9 Å². The number of hydrogen-bond donors (Lipinski definition) is 1. The molecule has 11 nitrogen and oxygen atoms in total. The molecule has 1 N–H and O–H groups in total. The van der Waals surface area contributed by atoms with Gasteiger partial charge in [0, 0.05) is 11.6 Å². The Morgan fingerprint density at radius 1 is 1.17 bits per heavy atom. The number of thiazole rings is 1. The van der Waals surface area contributed by atoms with Gasteiger partial charge in [0.25, 0.3) is 5.56 Å². The van der Waals surface area contributed by atoms with Crippen LogP contribution in [0.25, 0.3) is 16.8 Å². The third kappa shape index (κ3) is 4.72. The van der Waals surface area contributed by atoms with Crippen molar-refractivity contribution < 1.29 is 29.0 Å². The van der Waals surface area contributed by atoms with E-state index in [2.05, 4.69) is 4.99 Å². The molecule has 0 saturated heterocycles. The first-order chi connectivity index (χ1) is 19.7. The summed E-state index contributed by atoms with van der Waals surface area (Å²) in [6, 6.07) is 12.9. The minimum absolute atomic E-state index is 0.114. The maximum Gasteiger partial charge on any atom is 0.338 e. The minimum atomic E-state index is -0.933. The Hall–Kier alpha value is -4.97. The van der Waals surface area contributed by atoms with Crippen LogP contribution in [0, 0.1) is 10.1 Å². The molecular formula is C29H25N3O8S. The molecule has 0 saturated carbocycles. The van der Waals surface area contributed by atoms with Crippen LogP contribution in [0.5, 0.6) is 17.2 Å². The zero-order valence-electron chi connectivity index (χ0n) is 22.5. The molecule has 5 rings (SSSR count). The number of aromatic nitrogens is 1. The number of esters is 1. The Kier molecular flexibility index (Phi) is 7.33. The number of ether oxygens (including phenoxy) is 3. The first-order valence-electron chi connectivity index (χ1n) is 12.5. The van der Waals surface area contributed by atoms with Crippen LogP contribution in [0.4, 0.5) is 5.69 Å². The fourth-order valence-electron chi connectivity index (χ4n) is 4.94. The molecule has 4 aromatic rings. The Bertz CT molecular complexity index is 1940. The second kappa shape index (κ2) is 10.9. The van der Waals surface area contributed by atoms with Crippen LogP contribution in [0.15, 0.2) is 69.6 Å². The van der Waals surface area contributed by atoms with Crippen molar-refractivity contribution in [2.75, 3.05) is 20.8 Å². The van der Waals surface area contributed by atoms with Gasteiger partial charge in [-0.15, -0.1) is 0 Å². The number of fused-ring (bicyclic) bond motifs is 2. The number of aromatic hydroxyl groups is 1. The molecule has 0 amide bonds. The van der Waals surface area contributed by atoms with Gasteiger partial charge in [0.1, 0.15) is 11.8 Å². The van der Waals surface area contributed by atoms with E-state index in [-0.39, 0.29) is 28.0 Å². The molecule has 2 heterocycles. The van der Waals surface area contributed by atoms with E-state index in [1.807, 2.05) is 30.3 Å². The number of carbonyl (C=O) groups excluding carboxylic acids is 1. The minimum Gasteiger partial charge on any atom is -0.500 e. The van der Waals surface area contributed by atoms with Crippen molar-refractivity contribution in [3.8, 4) is 17.2 Å². The monoisotopic (exact) mass is 575 g/mol. The second-order valence-electron chi connectivity index (χ2n) is 9.05. The van der Waals surface area contributed by atoms with E-state index in [9.17, 15) is 24.8 Å². The Morgan fingerprint density at radius 2 is 1.90 bits per heavy atom. The highest BCUT2D eigenvalue weighted by Gasteiger charge is 2.36. The molecule has 0 spiro atoms. The number of nitro benzene ring substituents is 1. The van der Waals surface area contributed by atoms with Gasteiger partial charge in [0.2, 0.25) is 5.75 Å². The molecule has 12 heteroatoms. The number of nitro groups is 1.